The number of carbonyl (C=O) groups is 3. The second-order valence-electron chi connectivity index (χ2n) is 18.1. The van der Waals surface area contributed by atoms with Crippen LogP contribution in [-0.4, -0.2) is 37.2 Å². The highest BCUT2D eigenvalue weighted by Crippen LogP contribution is 2.14. The van der Waals surface area contributed by atoms with Crippen molar-refractivity contribution in [3.8, 4) is 0 Å². The number of carbonyl (C=O) groups excluding carboxylic acids is 3. The summed E-state index contributed by atoms with van der Waals surface area (Å²) in [6.07, 6.45) is 75.0. The molecule has 1 atom stereocenters. The first-order valence-electron chi connectivity index (χ1n) is 27.9. The number of hydrogen-bond acceptors (Lipinski definition) is 6. The summed E-state index contributed by atoms with van der Waals surface area (Å²) in [6, 6.07) is 0. The van der Waals surface area contributed by atoms with Gasteiger partial charge in [0.2, 0.25) is 0 Å². The molecule has 0 N–H and O–H groups in total. The van der Waals surface area contributed by atoms with Gasteiger partial charge in [-0.1, -0.05) is 214 Å². The third-order valence-corrected chi connectivity index (χ3v) is 11.5. The summed E-state index contributed by atoms with van der Waals surface area (Å²) in [5, 5.41) is 0. The molecule has 0 aromatic carbocycles. The fourth-order valence-electron chi connectivity index (χ4n) is 7.36. The molecule has 0 bridgehead atoms. The Hall–Kier alpha value is -3.93. The molecule has 6 nitrogen and oxygen atoms in total. The molecule has 0 aromatic heterocycles. The zero-order valence-electron chi connectivity index (χ0n) is 44.1. The first-order chi connectivity index (χ1) is 33.5. The summed E-state index contributed by atoms with van der Waals surface area (Å²) in [4.78, 5) is 38.1. The number of ether oxygens (including phenoxy) is 3. The largest absolute Gasteiger partial charge is 0.462 e. The lowest BCUT2D eigenvalue weighted by Crippen LogP contribution is -2.30. The summed E-state index contributed by atoms with van der Waals surface area (Å²) in [6.45, 7) is 6.35. The monoisotopic (exact) mass is 943 g/mol. The van der Waals surface area contributed by atoms with Gasteiger partial charge in [0.25, 0.3) is 0 Å². The van der Waals surface area contributed by atoms with E-state index in [0.717, 1.165) is 135 Å². The Bertz CT molecular complexity index is 1410. The van der Waals surface area contributed by atoms with Crippen LogP contribution in [0.3, 0.4) is 0 Å². The number of rotatable bonds is 49. The third kappa shape index (κ3) is 53.0. The van der Waals surface area contributed by atoms with Crippen LogP contribution in [0.15, 0.2) is 109 Å². The molecule has 0 aliphatic heterocycles. The molecule has 0 heterocycles. The van der Waals surface area contributed by atoms with Crippen LogP contribution in [0, 0.1) is 0 Å². The molecular formula is C62H102O6. The van der Waals surface area contributed by atoms with Crippen molar-refractivity contribution in [3.05, 3.63) is 109 Å². The van der Waals surface area contributed by atoms with E-state index in [2.05, 4.69) is 130 Å². The van der Waals surface area contributed by atoms with Crippen molar-refractivity contribution >= 4 is 17.9 Å². The van der Waals surface area contributed by atoms with Crippen LogP contribution < -0.4 is 0 Å². The second-order valence-corrected chi connectivity index (χ2v) is 18.1. The molecule has 0 saturated carbocycles. The van der Waals surface area contributed by atoms with Crippen LogP contribution in [0.25, 0.3) is 0 Å². The van der Waals surface area contributed by atoms with Crippen LogP contribution >= 0.6 is 0 Å². The highest BCUT2D eigenvalue weighted by atomic mass is 16.6. The minimum Gasteiger partial charge on any atom is -0.462 e. The lowest BCUT2D eigenvalue weighted by molar-refractivity contribution is -0.167. The van der Waals surface area contributed by atoms with Crippen molar-refractivity contribution in [2.45, 2.75) is 252 Å². The number of esters is 3. The second kappa shape index (κ2) is 55.7. The van der Waals surface area contributed by atoms with E-state index < -0.39 is 6.10 Å². The molecule has 0 rings (SSSR count). The van der Waals surface area contributed by atoms with E-state index in [9.17, 15) is 14.4 Å². The highest BCUT2D eigenvalue weighted by Gasteiger charge is 2.19. The number of hydrogen-bond donors (Lipinski definition) is 0. The zero-order chi connectivity index (χ0) is 49.3. The van der Waals surface area contributed by atoms with Gasteiger partial charge in [-0.2, -0.15) is 0 Å². The summed E-state index contributed by atoms with van der Waals surface area (Å²) < 4.78 is 16.8. The van der Waals surface area contributed by atoms with E-state index in [1.54, 1.807) is 0 Å². The van der Waals surface area contributed by atoms with Gasteiger partial charge < -0.3 is 14.2 Å². The van der Waals surface area contributed by atoms with E-state index in [1.165, 1.54) is 70.6 Å². The van der Waals surface area contributed by atoms with Crippen LogP contribution in [0.2, 0.25) is 0 Å². The minimum atomic E-state index is -0.808. The van der Waals surface area contributed by atoms with E-state index in [0.29, 0.717) is 19.3 Å². The maximum Gasteiger partial charge on any atom is 0.306 e. The molecule has 0 aromatic rings. The van der Waals surface area contributed by atoms with Gasteiger partial charge >= 0.3 is 17.9 Å². The Morgan fingerprint density at radius 3 is 0.941 bits per heavy atom. The molecule has 0 spiro atoms. The van der Waals surface area contributed by atoms with Crippen molar-refractivity contribution < 1.29 is 28.6 Å². The normalized spacial score (nSPS) is 12.9. The topological polar surface area (TPSA) is 78.9 Å². The standard InChI is InChI=1S/C62H102O6/c1-4-7-10-13-16-19-22-25-28-30-31-32-35-37-40-43-46-49-52-55-61(64)67-58-59(57-66-60(63)54-51-48-45-42-39-36-33-27-24-21-18-15-12-9-6-3)68-62(65)56-53-50-47-44-41-38-34-29-26-23-20-17-14-11-8-5-2/h7,9-10,12,16,18-19,21,25,27-29,31-34,39,42,59H,4-6,8,11,13-15,17,20,22-24,26,30,35-38,40-41,43-58H2,1-3H3/b10-7-,12-9-,19-16-,21-18-,28-25-,32-31-,33-27-,34-29-,42-39-. The van der Waals surface area contributed by atoms with Gasteiger partial charge in [0.05, 0.1) is 0 Å². The highest BCUT2D eigenvalue weighted by molar-refractivity contribution is 5.71. The van der Waals surface area contributed by atoms with Crippen molar-refractivity contribution in [3.63, 3.8) is 0 Å². The van der Waals surface area contributed by atoms with Gasteiger partial charge in [-0.05, 0) is 122 Å². The van der Waals surface area contributed by atoms with Crippen LogP contribution in [-0.2, 0) is 28.6 Å². The fourth-order valence-corrected chi connectivity index (χ4v) is 7.36. The van der Waals surface area contributed by atoms with Crippen LogP contribution in [0.1, 0.15) is 245 Å². The maximum absolute atomic E-state index is 12.8. The molecule has 6 heteroatoms. The average Bonchev–Trinajstić information content (AvgIpc) is 3.34. The Balaban J connectivity index is 4.49. The fraction of sp³-hybridized carbons (Fsp3) is 0.661. The lowest BCUT2D eigenvalue weighted by atomic mass is 10.1. The van der Waals surface area contributed by atoms with Gasteiger partial charge in [-0.15, -0.1) is 0 Å². The molecule has 0 fully saturated rings. The third-order valence-electron chi connectivity index (χ3n) is 11.5. The average molecular weight is 943 g/mol. The molecular weight excluding hydrogens is 841 g/mol. The van der Waals surface area contributed by atoms with Gasteiger partial charge in [-0.3, -0.25) is 14.4 Å². The molecule has 386 valence electrons. The molecule has 68 heavy (non-hydrogen) atoms. The van der Waals surface area contributed by atoms with Gasteiger partial charge in [0.15, 0.2) is 6.10 Å². The number of allylic oxidation sites excluding steroid dienone is 18. The van der Waals surface area contributed by atoms with Crippen molar-refractivity contribution in [2.75, 3.05) is 13.2 Å². The van der Waals surface area contributed by atoms with Crippen molar-refractivity contribution in [2.24, 2.45) is 0 Å². The summed E-state index contributed by atoms with van der Waals surface area (Å²) in [5.74, 6) is -0.968. The molecule has 0 aliphatic rings. The molecule has 0 aliphatic carbocycles. The predicted octanol–water partition coefficient (Wildman–Crippen LogP) is 18.7. The number of unbranched alkanes of at least 4 members (excludes halogenated alkanes) is 20. The molecule has 0 radical (unpaired) electrons. The first-order valence-corrected chi connectivity index (χ1v) is 27.9. The van der Waals surface area contributed by atoms with Crippen molar-refractivity contribution in [1.29, 1.82) is 0 Å². The smallest absolute Gasteiger partial charge is 0.306 e. The van der Waals surface area contributed by atoms with Gasteiger partial charge in [-0.25, -0.2) is 0 Å². The maximum atomic E-state index is 12.8. The van der Waals surface area contributed by atoms with E-state index in [-0.39, 0.29) is 31.1 Å². The molecule has 0 amide bonds. The SMILES string of the molecule is CC/C=C\C/C=C\C/C=C\C/C=C\CCCCCCCCC(=O)OCC(COC(=O)CCCC/C=C\C/C=C\C/C=C\C/C=C\CC)OC(=O)CCCCCCC/C=C\CCCCCCCCC. The van der Waals surface area contributed by atoms with E-state index in [1.807, 2.05) is 0 Å². The summed E-state index contributed by atoms with van der Waals surface area (Å²) in [7, 11) is 0. The predicted molar refractivity (Wildman–Crippen MR) is 293 cm³/mol. The van der Waals surface area contributed by atoms with Gasteiger partial charge in [0, 0.05) is 19.3 Å². The summed E-state index contributed by atoms with van der Waals surface area (Å²) in [5.41, 5.74) is 0. The Kier molecular flexibility index (Phi) is 52.4. The van der Waals surface area contributed by atoms with E-state index in [4.69, 9.17) is 14.2 Å². The molecule has 0 saturated heterocycles. The lowest BCUT2D eigenvalue weighted by Gasteiger charge is -2.18. The summed E-state index contributed by atoms with van der Waals surface area (Å²) >= 11 is 0. The van der Waals surface area contributed by atoms with Crippen LogP contribution in [0.4, 0.5) is 0 Å². The minimum absolute atomic E-state index is 0.104. The Morgan fingerprint density at radius 1 is 0.309 bits per heavy atom. The Labute approximate surface area is 419 Å². The van der Waals surface area contributed by atoms with Crippen LogP contribution in [0.5, 0.6) is 0 Å². The molecule has 1 unspecified atom stereocenters. The van der Waals surface area contributed by atoms with Crippen molar-refractivity contribution in [1.82, 2.24) is 0 Å². The zero-order valence-corrected chi connectivity index (χ0v) is 44.1. The van der Waals surface area contributed by atoms with Gasteiger partial charge in [0.1, 0.15) is 13.2 Å². The van der Waals surface area contributed by atoms with E-state index >= 15 is 0 Å². The first kappa shape index (κ1) is 64.1. The Morgan fingerprint density at radius 2 is 0.574 bits per heavy atom. The quantitative estimate of drug-likeness (QED) is 0.0262.